The maximum atomic E-state index is 11.0. The number of carbonyl (C=O) groups is 1. The van der Waals surface area contributed by atoms with E-state index in [2.05, 4.69) is 6.92 Å². The zero-order valence-corrected chi connectivity index (χ0v) is 8.29. The molecule has 0 aromatic rings. The minimum Gasteiger partial charge on any atom is -0.497 e. The number of rotatable bonds is 5. The molecule has 0 aromatic carbocycles. The molecule has 0 bridgehead atoms. The molecule has 1 heterocycles. The Labute approximate surface area is 80.0 Å². The normalized spacial score (nSPS) is 21.6. The van der Waals surface area contributed by atoms with Crippen LogP contribution in [0.3, 0.4) is 0 Å². The molecule has 0 spiro atoms. The summed E-state index contributed by atoms with van der Waals surface area (Å²) >= 11 is 0. The Morgan fingerprint density at radius 2 is 2.31 bits per heavy atom. The second-order valence-electron chi connectivity index (χ2n) is 3.58. The van der Waals surface area contributed by atoms with Crippen molar-refractivity contribution >= 4 is 5.78 Å². The van der Waals surface area contributed by atoms with E-state index in [0.29, 0.717) is 6.42 Å². The molecule has 2 heteroatoms. The van der Waals surface area contributed by atoms with Crippen LogP contribution in [0, 0.1) is 0 Å². The highest BCUT2D eigenvalue weighted by molar-refractivity contribution is 5.90. The van der Waals surface area contributed by atoms with Gasteiger partial charge in [-0.2, -0.15) is 0 Å². The average Bonchev–Trinajstić information content (AvgIpc) is 2.13. The van der Waals surface area contributed by atoms with Gasteiger partial charge in [0.15, 0.2) is 5.78 Å². The first kappa shape index (κ1) is 10.3. The molecule has 0 aromatic heterocycles. The molecule has 0 N–H and O–H groups in total. The maximum absolute atomic E-state index is 11.0. The van der Waals surface area contributed by atoms with Gasteiger partial charge in [-0.3, -0.25) is 4.79 Å². The zero-order chi connectivity index (χ0) is 9.52. The maximum Gasteiger partial charge on any atom is 0.162 e. The SMILES string of the molecule is CCCCCCC1CC(=O)C=CO1. The van der Waals surface area contributed by atoms with Crippen molar-refractivity contribution in [2.75, 3.05) is 0 Å². The number of ketones is 1. The molecule has 13 heavy (non-hydrogen) atoms. The molecule has 2 nitrogen and oxygen atoms in total. The van der Waals surface area contributed by atoms with E-state index in [1.807, 2.05) is 0 Å². The number of carbonyl (C=O) groups excluding carboxylic acids is 1. The highest BCUT2D eigenvalue weighted by atomic mass is 16.5. The van der Waals surface area contributed by atoms with Gasteiger partial charge in [0, 0.05) is 12.5 Å². The fraction of sp³-hybridized carbons (Fsp3) is 0.727. The molecule has 74 valence electrons. The Balaban J connectivity index is 2.08. The second-order valence-corrected chi connectivity index (χ2v) is 3.58. The summed E-state index contributed by atoms with van der Waals surface area (Å²) < 4.78 is 5.33. The third kappa shape index (κ3) is 4.11. The smallest absolute Gasteiger partial charge is 0.162 e. The summed E-state index contributed by atoms with van der Waals surface area (Å²) in [5.74, 6) is 0.201. The molecule has 1 aliphatic rings. The van der Waals surface area contributed by atoms with Crippen LogP contribution in [0.4, 0.5) is 0 Å². The lowest BCUT2D eigenvalue weighted by Gasteiger charge is -2.18. The Kier molecular flexibility index (Phi) is 4.58. The first-order valence-corrected chi connectivity index (χ1v) is 5.17. The Morgan fingerprint density at radius 3 is 3.00 bits per heavy atom. The van der Waals surface area contributed by atoms with Crippen LogP contribution < -0.4 is 0 Å². The van der Waals surface area contributed by atoms with Crippen molar-refractivity contribution in [3.63, 3.8) is 0 Å². The van der Waals surface area contributed by atoms with Crippen molar-refractivity contribution in [2.45, 2.75) is 51.6 Å². The summed E-state index contributed by atoms with van der Waals surface area (Å²) in [7, 11) is 0. The van der Waals surface area contributed by atoms with Crippen LogP contribution in [0.1, 0.15) is 45.4 Å². The van der Waals surface area contributed by atoms with Crippen LogP contribution in [0.2, 0.25) is 0 Å². The van der Waals surface area contributed by atoms with Gasteiger partial charge in [0.05, 0.1) is 6.26 Å². The van der Waals surface area contributed by atoms with Gasteiger partial charge in [0.1, 0.15) is 6.10 Å². The third-order valence-electron chi connectivity index (χ3n) is 2.33. The predicted molar refractivity (Wildman–Crippen MR) is 52.4 cm³/mol. The van der Waals surface area contributed by atoms with E-state index in [4.69, 9.17) is 4.74 Å². The van der Waals surface area contributed by atoms with E-state index in [0.717, 1.165) is 6.42 Å². The average molecular weight is 182 g/mol. The number of unbranched alkanes of at least 4 members (excludes halogenated alkanes) is 3. The quantitative estimate of drug-likeness (QED) is 0.611. The molecule has 0 saturated carbocycles. The molecule has 0 radical (unpaired) electrons. The van der Waals surface area contributed by atoms with Crippen molar-refractivity contribution < 1.29 is 9.53 Å². The van der Waals surface area contributed by atoms with Gasteiger partial charge < -0.3 is 4.74 Å². The minimum absolute atomic E-state index is 0.148. The van der Waals surface area contributed by atoms with E-state index in [1.165, 1.54) is 38.0 Å². The second kappa shape index (κ2) is 5.79. The predicted octanol–water partition coefficient (Wildman–Crippen LogP) is 2.83. The van der Waals surface area contributed by atoms with Gasteiger partial charge in [-0.15, -0.1) is 0 Å². The van der Waals surface area contributed by atoms with Crippen LogP contribution >= 0.6 is 0 Å². The van der Waals surface area contributed by atoms with E-state index >= 15 is 0 Å². The molecular formula is C11H18O2. The summed E-state index contributed by atoms with van der Waals surface area (Å²) in [5.41, 5.74) is 0. The molecule has 1 aliphatic heterocycles. The summed E-state index contributed by atoms with van der Waals surface area (Å²) in [5, 5.41) is 0. The standard InChI is InChI=1S/C11H18O2/c1-2-3-4-5-6-11-9-10(12)7-8-13-11/h7-8,11H,2-6,9H2,1H3. The largest absolute Gasteiger partial charge is 0.497 e. The lowest BCUT2D eigenvalue weighted by Crippen LogP contribution is -2.18. The molecule has 0 aliphatic carbocycles. The Hall–Kier alpha value is -0.790. The lowest BCUT2D eigenvalue weighted by atomic mass is 10.0. The number of hydrogen-bond donors (Lipinski definition) is 0. The molecule has 1 atom stereocenters. The Morgan fingerprint density at radius 1 is 1.46 bits per heavy atom. The van der Waals surface area contributed by atoms with E-state index in [9.17, 15) is 4.79 Å². The Bertz CT molecular complexity index is 185. The van der Waals surface area contributed by atoms with Crippen molar-refractivity contribution in [3.8, 4) is 0 Å². The van der Waals surface area contributed by atoms with Crippen LogP contribution in [-0.2, 0) is 9.53 Å². The molecule has 1 rings (SSSR count). The number of hydrogen-bond acceptors (Lipinski definition) is 2. The first-order chi connectivity index (χ1) is 6.33. The summed E-state index contributed by atoms with van der Waals surface area (Å²) in [4.78, 5) is 11.0. The van der Waals surface area contributed by atoms with Crippen LogP contribution in [0.5, 0.6) is 0 Å². The molecule has 0 saturated heterocycles. The first-order valence-electron chi connectivity index (χ1n) is 5.17. The fourth-order valence-electron chi connectivity index (χ4n) is 1.54. The van der Waals surface area contributed by atoms with Crippen molar-refractivity contribution in [3.05, 3.63) is 12.3 Å². The van der Waals surface area contributed by atoms with E-state index < -0.39 is 0 Å². The van der Waals surface area contributed by atoms with Gasteiger partial charge in [-0.05, 0) is 12.8 Å². The van der Waals surface area contributed by atoms with Gasteiger partial charge in [0.2, 0.25) is 0 Å². The lowest BCUT2D eigenvalue weighted by molar-refractivity contribution is -0.118. The van der Waals surface area contributed by atoms with Crippen molar-refractivity contribution in [1.82, 2.24) is 0 Å². The monoisotopic (exact) mass is 182 g/mol. The number of allylic oxidation sites excluding steroid dienone is 1. The van der Waals surface area contributed by atoms with Gasteiger partial charge in [-0.1, -0.05) is 26.2 Å². The topological polar surface area (TPSA) is 26.3 Å². The molecule has 1 unspecified atom stereocenters. The minimum atomic E-state index is 0.148. The molecular weight excluding hydrogens is 164 g/mol. The van der Waals surface area contributed by atoms with E-state index in [1.54, 1.807) is 0 Å². The van der Waals surface area contributed by atoms with Crippen molar-refractivity contribution in [2.24, 2.45) is 0 Å². The molecule has 0 fully saturated rings. The van der Waals surface area contributed by atoms with Gasteiger partial charge in [0.25, 0.3) is 0 Å². The van der Waals surface area contributed by atoms with Gasteiger partial charge in [-0.25, -0.2) is 0 Å². The highest BCUT2D eigenvalue weighted by Gasteiger charge is 2.15. The zero-order valence-electron chi connectivity index (χ0n) is 8.29. The summed E-state index contributed by atoms with van der Waals surface area (Å²) in [6.07, 6.45) is 9.78. The van der Waals surface area contributed by atoms with E-state index in [-0.39, 0.29) is 11.9 Å². The molecule has 0 amide bonds. The van der Waals surface area contributed by atoms with Crippen LogP contribution in [0.15, 0.2) is 12.3 Å². The fourth-order valence-corrected chi connectivity index (χ4v) is 1.54. The van der Waals surface area contributed by atoms with Crippen molar-refractivity contribution in [1.29, 1.82) is 0 Å². The third-order valence-corrected chi connectivity index (χ3v) is 2.33. The highest BCUT2D eigenvalue weighted by Crippen LogP contribution is 2.15. The summed E-state index contributed by atoms with van der Waals surface area (Å²) in [6, 6.07) is 0. The number of ether oxygens (including phenoxy) is 1. The van der Waals surface area contributed by atoms with Crippen LogP contribution in [0.25, 0.3) is 0 Å². The van der Waals surface area contributed by atoms with Gasteiger partial charge >= 0.3 is 0 Å². The summed E-state index contributed by atoms with van der Waals surface area (Å²) in [6.45, 7) is 2.20. The van der Waals surface area contributed by atoms with Crippen LogP contribution in [-0.4, -0.2) is 11.9 Å².